The zero-order valence-electron chi connectivity index (χ0n) is 10.9. The van der Waals surface area contributed by atoms with Crippen LogP contribution in [0, 0.1) is 0 Å². The van der Waals surface area contributed by atoms with Crippen LogP contribution in [0.1, 0.15) is 27.9 Å². The SMILES string of the molecule is O=C1c2cc3c(cc2CCC1Cl)-c1ccccc1CO3. The van der Waals surface area contributed by atoms with Gasteiger partial charge in [0.25, 0.3) is 0 Å². The van der Waals surface area contributed by atoms with Gasteiger partial charge in [0, 0.05) is 11.1 Å². The summed E-state index contributed by atoms with van der Waals surface area (Å²) in [7, 11) is 0. The Morgan fingerprint density at radius 3 is 2.80 bits per heavy atom. The van der Waals surface area contributed by atoms with Crippen LogP contribution in [-0.4, -0.2) is 11.2 Å². The lowest BCUT2D eigenvalue weighted by Gasteiger charge is -2.25. The van der Waals surface area contributed by atoms with Crippen LogP contribution < -0.4 is 4.74 Å². The molecule has 1 atom stereocenters. The molecule has 2 aromatic carbocycles. The van der Waals surface area contributed by atoms with E-state index in [1.165, 1.54) is 11.1 Å². The summed E-state index contributed by atoms with van der Waals surface area (Å²) >= 11 is 6.07. The molecule has 3 heteroatoms. The number of rotatable bonds is 0. The van der Waals surface area contributed by atoms with Crippen molar-refractivity contribution in [2.45, 2.75) is 24.8 Å². The fourth-order valence-electron chi connectivity index (χ4n) is 3.04. The standard InChI is InChI=1S/C17H13ClO2/c18-15-6-5-10-7-14-12-4-2-1-3-11(12)9-20-16(14)8-13(10)17(15)19/h1-4,7-8,15H,5-6,9H2. The normalized spacial score (nSPS) is 19.6. The average molecular weight is 285 g/mol. The first-order valence-corrected chi connectivity index (χ1v) is 7.24. The molecular weight excluding hydrogens is 272 g/mol. The molecule has 0 N–H and O–H groups in total. The molecule has 2 nitrogen and oxygen atoms in total. The Labute approximate surface area is 122 Å². The molecule has 0 aromatic heterocycles. The Balaban J connectivity index is 1.92. The lowest BCUT2D eigenvalue weighted by molar-refractivity contribution is 0.0976. The largest absolute Gasteiger partial charge is 0.488 e. The van der Waals surface area contributed by atoms with Gasteiger partial charge in [-0.05, 0) is 41.7 Å². The third-order valence-corrected chi connectivity index (χ3v) is 4.53. The van der Waals surface area contributed by atoms with Gasteiger partial charge in [-0.15, -0.1) is 11.6 Å². The highest BCUT2D eigenvalue weighted by Crippen LogP contribution is 2.41. The molecule has 1 heterocycles. The van der Waals surface area contributed by atoms with E-state index in [4.69, 9.17) is 16.3 Å². The van der Waals surface area contributed by atoms with Crippen LogP contribution in [0.15, 0.2) is 36.4 Å². The van der Waals surface area contributed by atoms with E-state index < -0.39 is 5.38 Å². The smallest absolute Gasteiger partial charge is 0.181 e. The van der Waals surface area contributed by atoms with Crippen molar-refractivity contribution in [2.75, 3.05) is 0 Å². The third-order valence-electron chi connectivity index (χ3n) is 4.11. The van der Waals surface area contributed by atoms with Gasteiger partial charge in [0.2, 0.25) is 0 Å². The number of carbonyl (C=O) groups is 1. The maximum Gasteiger partial charge on any atom is 0.181 e. The van der Waals surface area contributed by atoms with E-state index in [1.807, 2.05) is 18.2 Å². The first kappa shape index (κ1) is 12.0. The van der Waals surface area contributed by atoms with E-state index in [2.05, 4.69) is 18.2 Å². The minimum Gasteiger partial charge on any atom is -0.488 e. The highest BCUT2D eigenvalue weighted by atomic mass is 35.5. The monoisotopic (exact) mass is 284 g/mol. The second-order valence-electron chi connectivity index (χ2n) is 5.32. The van der Waals surface area contributed by atoms with Gasteiger partial charge in [-0.3, -0.25) is 4.79 Å². The number of Topliss-reactive ketones (excluding diaryl/α,β-unsaturated/α-hetero) is 1. The van der Waals surface area contributed by atoms with Crippen molar-refractivity contribution in [3.8, 4) is 16.9 Å². The number of ketones is 1. The Hall–Kier alpha value is -1.80. The van der Waals surface area contributed by atoms with E-state index in [1.54, 1.807) is 0 Å². The molecule has 0 fully saturated rings. The molecule has 4 rings (SSSR count). The summed E-state index contributed by atoms with van der Waals surface area (Å²) in [6.45, 7) is 0.556. The summed E-state index contributed by atoms with van der Waals surface area (Å²) in [5.74, 6) is 0.819. The summed E-state index contributed by atoms with van der Waals surface area (Å²) in [5.41, 5.74) is 5.31. The molecule has 2 aromatic rings. The minimum atomic E-state index is -0.392. The second kappa shape index (κ2) is 4.35. The van der Waals surface area contributed by atoms with Crippen molar-refractivity contribution in [1.29, 1.82) is 0 Å². The van der Waals surface area contributed by atoms with Crippen molar-refractivity contribution in [3.63, 3.8) is 0 Å². The molecule has 1 unspecified atom stereocenters. The van der Waals surface area contributed by atoms with Gasteiger partial charge in [0.05, 0.1) is 5.38 Å². The topological polar surface area (TPSA) is 26.3 Å². The van der Waals surface area contributed by atoms with E-state index in [0.29, 0.717) is 13.0 Å². The molecule has 0 radical (unpaired) electrons. The lowest BCUT2D eigenvalue weighted by atomic mass is 9.86. The summed E-state index contributed by atoms with van der Waals surface area (Å²) in [4.78, 5) is 12.2. The molecular formula is C17H13ClO2. The van der Waals surface area contributed by atoms with Crippen LogP contribution in [0.3, 0.4) is 0 Å². The van der Waals surface area contributed by atoms with E-state index in [0.717, 1.165) is 28.9 Å². The van der Waals surface area contributed by atoms with Crippen molar-refractivity contribution in [3.05, 3.63) is 53.1 Å². The maximum absolute atomic E-state index is 12.2. The number of hydrogen-bond acceptors (Lipinski definition) is 2. The summed E-state index contributed by atoms with van der Waals surface area (Å²) in [5, 5.41) is -0.392. The summed E-state index contributed by atoms with van der Waals surface area (Å²) < 4.78 is 5.80. The van der Waals surface area contributed by atoms with Gasteiger partial charge in [0.1, 0.15) is 12.4 Å². The maximum atomic E-state index is 12.2. The predicted octanol–water partition coefficient (Wildman–Crippen LogP) is 3.98. The molecule has 2 aliphatic rings. The van der Waals surface area contributed by atoms with E-state index in [-0.39, 0.29) is 5.78 Å². The molecule has 0 amide bonds. The van der Waals surface area contributed by atoms with Gasteiger partial charge >= 0.3 is 0 Å². The fraction of sp³-hybridized carbons (Fsp3) is 0.235. The van der Waals surface area contributed by atoms with Gasteiger partial charge in [0.15, 0.2) is 5.78 Å². The van der Waals surface area contributed by atoms with Crippen LogP contribution in [0.25, 0.3) is 11.1 Å². The number of fused-ring (bicyclic) bond motifs is 4. The molecule has 0 saturated carbocycles. The highest BCUT2D eigenvalue weighted by molar-refractivity contribution is 6.34. The third kappa shape index (κ3) is 1.68. The van der Waals surface area contributed by atoms with Gasteiger partial charge in [-0.25, -0.2) is 0 Å². The van der Waals surface area contributed by atoms with Gasteiger partial charge in [-0.1, -0.05) is 24.3 Å². The van der Waals surface area contributed by atoms with Gasteiger partial charge < -0.3 is 4.74 Å². The Bertz CT molecular complexity index is 721. The zero-order chi connectivity index (χ0) is 13.7. The van der Waals surface area contributed by atoms with Crippen molar-refractivity contribution in [1.82, 2.24) is 0 Å². The summed E-state index contributed by atoms with van der Waals surface area (Å²) in [6.07, 6.45) is 1.57. The Kier molecular flexibility index (Phi) is 2.61. The number of carbonyl (C=O) groups excluding carboxylic acids is 1. The van der Waals surface area contributed by atoms with Crippen molar-refractivity contribution >= 4 is 17.4 Å². The van der Waals surface area contributed by atoms with Crippen LogP contribution in [-0.2, 0) is 13.0 Å². The molecule has 0 bridgehead atoms. The molecule has 0 saturated heterocycles. The molecule has 1 aliphatic heterocycles. The number of benzene rings is 2. The van der Waals surface area contributed by atoms with E-state index >= 15 is 0 Å². The first-order chi connectivity index (χ1) is 9.74. The number of aryl methyl sites for hydroxylation is 1. The van der Waals surface area contributed by atoms with Gasteiger partial charge in [-0.2, -0.15) is 0 Å². The van der Waals surface area contributed by atoms with E-state index in [9.17, 15) is 4.79 Å². The lowest BCUT2D eigenvalue weighted by Crippen LogP contribution is -2.23. The minimum absolute atomic E-state index is 0.0261. The average Bonchev–Trinajstić information content (AvgIpc) is 2.50. The number of halogens is 1. The van der Waals surface area contributed by atoms with Crippen molar-refractivity contribution < 1.29 is 9.53 Å². The van der Waals surface area contributed by atoms with Crippen LogP contribution in [0.5, 0.6) is 5.75 Å². The van der Waals surface area contributed by atoms with Crippen LogP contribution >= 0.6 is 11.6 Å². The number of alkyl halides is 1. The number of ether oxygens (including phenoxy) is 1. The Morgan fingerprint density at radius 1 is 1.05 bits per heavy atom. The molecule has 0 spiro atoms. The molecule has 20 heavy (non-hydrogen) atoms. The highest BCUT2D eigenvalue weighted by Gasteiger charge is 2.28. The molecule has 1 aliphatic carbocycles. The summed E-state index contributed by atoms with van der Waals surface area (Å²) in [6, 6.07) is 12.2. The predicted molar refractivity (Wildman–Crippen MR) is 78.5 cm³/mol. The number of hydrogen-bond donors (Lipinski definition) is 0. The first-order valence-electron chi connectivity index (χ1n) is 6.80. The van der Waals surface area contributed by atoms with Crippen LogP contribution in [0.2, 0.25) is 0 Å². The quantitative estimate of drug-likeness (QED) is 0.684. The van der Waals surface area contributed by atoms with Crippen LogP contribution in [0.4, 0.5) is 0 Å². The second-order valence-corrected chi connectivity index (χ2v) is 5.85. The Morgan fingerprint density at radius 2 is 1.90 bits per heavy atom. The molecule has 100 valence electrons. The fourth-order valence-corrected chi connectivity index (χ4v) is 3.26. The van der Waals surface area contributed by atoms with Crippen molar-refractivity contribution in [2.24, 2.45) is 0 Å². The zero-order valence-corrected chi connectivity index (χ0v) is 11.6.